The van der Waals surface area contributed by atoms with E-state index in [0.29, 0.717) is 19.8 Å². The van der Waals surface area contributed by atoms with Crippen molar-refractivity contribution in [3.63, 3.8) is 0 Å². The van der Waals surface area contributed by atoms with Crippen LogP contribution in [0.3, 0.4) is 0 Å². The van der Waals surface area contributed by atoms with Crippen LogP contribution in [0, 0.1) is 0 Å². The van der Waals surface area contributed by atoms with Gasteiger partial charge in [0.2, 0.25) is 10.0 Å². The Balaban J connectivity index is 2.23. The van der Waals surface area contributed by atoms with Crippen molar-refractivity contribution in [3.8, 4) is 0 Å². The van der Waals surface area contributed by atoms with Crippen LogP contribution in [-0.4, -0.2) is 63.6 Å². The van der Waals surface area contributed by atoms with Gasteiger partial charge in [-0.2, -0.15) is 4.31 Å². The summed E-state index contributed by atoms with van der Waals surface area (Å²) >= 11 is 6.05. The first-order valence-electron chi connectivity index (χ1n) is 8.13. The quantitative estimate of drug-likeness (QED) is 0.711. The van der Waals surface area contributed by atoms with E-state index in [1.165, 1.54) is 29.4 Å². The van der Waals surface area contributed by atoms with Crippen molar-refractivity contribution in [1.82, 2.24) is 9.62 Å². The summed E-state index contributed by atoms with van der Waals surface area (Å²) in [6.45, 7) is 4.59. The molecule has 0 saturated carbocycles. The average molecular weight is 405 g/mol. The first kappa shape index (κ1) is 20.6. The second-order valence-electron chi connectivity index (χ2n) is 5.60. The molecule has 1 aliphatic rings. The van der Waals surface area contributed by atoms with Gasteiger partial charge in [0, 0.05) is 19.6 Å². The van der Waals surface area contributed by atoms with Gasteiger partial charge in [0.05, 0.1) is 23.8 Å². The lowest BCUT2D eigenvalue weighted by atomic mass is 10.2. The Morgan fingerprint density at radius 3 is 2.62 bits per heavy atom. The van der Waals surface area contributed by atoms with Gasteiger partial charge >= 0.3 is 5.97 Å². The third kappa shape index (κ3) is 4.73. The van der Waals surface area contributed by atoms with E-state index in [1.54, 1.807) is 6.92 Å². The number of nitrogens with zero attached hydrogens (tertiary/aromatic N) is 1. The molecule has 1 N–H and O–H groups in total. The normalized spacial score (nSPS) is 16.7. The van der Waals surface area contributed by atoms with Gasteiger partial charge in [-0.15, -0.1) is 0 Å². The molecule has 0 spiro atoms. The second kappa shape index (κ2) is 8.81. The Kier molecular flexibility index (Phi) is 6.99. The number of nitrogens with one attached hydrogen (secondary N) is 1. The van der Waals surface area contributed by atoms with E-state index in [2.05, 4.69) is 5.32 Å². The van der Waals surface area contributed by atoms with Crippen LogP contribution in [0.15, 0.2) is 23.1 Å². The summed E-state index contributed by atoms with van der Waals surface area (Å²) in [5, 5.41) is 2.54. The molecule has 1 heterocycles. The maximum absolute atomic E-state index is 12.8. The molecule has 0 unspecified atom stereocenters. The van der Waals surface area contributed by atoms with Crippen molar-refractivity contribution < 1.29 is 27.5 Å². The van der Waals surface area contributed by atoms with Crippen LogP contribution >= 0.6 is 11.6 Å². The molecule has 0 bridgehead atoms. The standard InChI is InChI=1S/C16H21ClN2O6S/c1-3-18-15(20)11(2)25-16(21)12-4-5-13(17)14(10-12)26(22,23)19-6-8-24-9-7-19/h4-5,10-11H,3,6-9H2,1-2H3,(H,18,20)/t11-/m0/s1. The number of hydrogen-bond acceptors (Lipinski definition) is 6. The second-order valence-corrected chi connectivity index (χ2v) is 7.92. The topological polar surface area (TPSA) is 102 Å². The van der Waals surface area contributed by atoms with Crippen LogP contribution in [0.25, 0.3) is 0 Å². The van der Waals surface area contributed by atoms with E-state index in [1.807, 2.05) is 0 Å². The molecule has 1 aromatic carbocycles. The SMILES string of the molecule is CCNC(=O)[C@H](C)OC(=O)c1ccc(Cl)c(S(=O)(=O)N2CCOCC2)c1. The van der Waals surface area contributed by atoms with Gasteiger partial charge in [0.1, 0.15) is 4.90 Å². The minimum absolute atomic E-state index is 0.00242. The number of sulfonamides is 1. The summed E-state index contributed by atoms with van der Waals surface area (Å²) in [5.74, 6) is -1.24. The van der Waals surface area contributed by atoms with E-state index in [9.17, 15) is 18.0 Å². The number of esters is 1. The molecule has 0 aromatic heterocycles. The molecule has 1 fully saturated rings. The number of hydrogen-bond donors (Lipinski definition) is 1. The molecule has 1 aromatic rings. The Labute approximate surface area is 157 Å². The third-order valence-corrected chi connectivity index (χ3v) is 6.14. The summed E-state index contributed by atoms with van der Waals surface area (Å²) in [6, 6.07) is 3.84. The predicted molar refractivity (Wildman–Crippen MR) is 94.6 cm³/mol. The molecule has 8 nitrogen and oxygen atoms in total. The monoisotopic (exact) mass is 404 g/mol. The molecule has 0 aliphatic carbocycles. The van der Waals surface area contributed by atoms with Crippen molar-refractivity contribution >= 4 is 33.5 Å². The van der Waals surface area contributed by atoms with Gasteiger partial charge in [-0.1, -0.05) is 11.6 Å². The fraction of sp³-hybridized carbons (Fsp3) is 0.500. The molecular weight excluding hydrogens is 384 g/mol. The smallest absolute Gasteiger partial charge is 0.338 e. The molecule has 1 aliphatic heterocycles. The highest BCUT2D eigenvalue weighted by Crippen LogP contribution is 2.27. The lowest BCUT2D eigenvalue weighted by molar-refractivity contribution is -0.128. The molecule has 26 heavy (non-hydrogen) atoms. The number of carbonyl (C=O) groups is 2. The highest BCUT2D eigenvalue weighted by Gasteiger charge is 2.29. The minimum Gasteiger partial charge on any atom is -0.449 e. The summed E-state index contributed by atoms with van der Waals surface area (Å²) in [7, 11) is -3.87. The number of carbonyl (C=O) groups excluding carboxylic acids is 2. The van der Waals surface area contributed by atoms with Crippen LogP contribution in [-0.2, 0) is 24.3 Å². The Morgan fingerprint density at radius 1 is 1.35 bits per heavy atom. The van der Waals surface area contributed by atoms with Crippen LogP contribution in [0.5, 0.6) is 0 Å². The lowest BCUT2D eigenvalue weighted by Crippen LogP contribution is -2.40. The number of amides is 1. The first-order chi connectivity index (χ1) is 12.3. The van der Waals surface area contributed by atoms with Gasteiger partial charge in [0.25, 0.3) is 5.91 Å². The van der Waals surface area contributed by atoms with E-state index >= 15 is 0 Å². The van der Waals surface area contributed by atoms with Gasteiger partial charge in [-0.3, -0.25) is 4.79 Å². The Bertz CT molecular complexity index is 777. The number of ether oxygens (including phenoxy) is 2. The maximum Gasteiger partial charge on any atom is 0.338 e. The average Bonchev–Trinajstić information content (AvgIpc) is 2.62. The van der Waals surface area contributed by atoms with Gasteiger partial charge < -0.3 is 14.8 Å². The molecule has 2 rings (SSSR count). The molecule has 144 valence electrons. The zero-order valence-electron chi connectivity index (χ0n) is 14.5. The molecule has 10 heteroatoms. The van der Waals surface area contributed by atoms with E-state index in [0.717, 1.165) is 0 Å². The van der Waals surface area contributed by atoms with Gasteiger partial charge in [-0.05, 0) is 32.0 Å². The summed E-state index contributed by atoms with van der Waals surface area (Å²) in [4.78, 5) is 23.8. The van der Waals surface area contributed by atoms with Crippen LogP contribution in [0.2, 0.25) is 5.02 Å². The number of rotatable bonds is 6. The fourth-order valence-electron chi connectivity index (χ4n) is 2.35. The van der Waals surface area contributed by atoms with Crippen LogP contribution < -0.4 is 5.32 Å². The molecule has 1 amide bonds. The van der Waals surface area contributed by atoms with E-state index < -0.39 is 28.0 Å². The van der Waals surface area contributed by atoms with Crippen LogP contribution in [0.4, 0.5) is 0 Å². The largest absolute Gasteiger partial charge is 0.449 e. The summed E-state index contributed by atoms with van der Waals surface area (Å²) < 4.78 is 37.0. The van der Waals surface area contributed by atoms with E-state index in [4.69, 9.17) is 21.1 Å². The molecule has 1 saturated heterocycles. The van der Waals surface area contributed by atoms with Gasteiger partial charge in [-0.25, -0.2) is 13.2 Å². The lowest BCUT2D eigenvalue weighted by Gasteiger charge is -2.26. The summed E-state index contributed by atoms with van der Waals surface area (Å²) in [5.41, 5.74) is -0.00242. The Hall–Kier alpha value is -1.68. The highest BCUT2D eigenvalue weighted by molar-refractivity contribution is 7.89. The van der Waals surface area contributed by atoms with Crippen LogP contribution in [0.1, 0.15) is 24.2 Å². The van der Waals surface area contributed by atoms with E-state index in [-0.39, 0.29) is 28.6 Å². The number of likely N-dealkylation sites (N-methyl/N-ethyl adjacent to an activating group) is 1. The number of halogens is 1. The maximum atomic E-state index is 12.8. The third-order valence-electron chi connectivity index (χ3n) is 3.76. The van der Waals surface area contributed by atoms with Crippen molar-refractivity contribution in [2.75, 3.05) is 32.8 Å². The molecule has 1 atom stereocenters. The van der Waals surface area contributed by atoms with Crippen molar-refractivity contribution in [2.24, 2.45) is 0 Å². The predicted octanol–water partition coefficient (Wildman–Crippen LogP) is 1.04. The Morgan fingerprint density at radius 2 is 2.00 bits per heavy atom. The molecule has 0 radical (unpaired) electrons. The fourth-order valence-corrected chi connectivity index (χ4v) is 4.26. The highest BCUT2D eigenvalue weighted by atomic mass is 35.5. The van der Waals surface area contributed by atoms with Crippen molar-refractivity contribution in [3.05, 3.63) is 28.8 Å². The van der Waals surface area contributed by atoms with Crippen molar-refractivity contribution in [1.29, 1.82) is 0 Å². The zero-order valence-corrected chi connectivity index (χ0v) is 16.1. The molecular formula is C16H21ClN2O6S. The van der Waals surface area contributed by atoms with Crippen molar-refractivity contribution in [2.45, 2.75) is 24.8 Å². The summed E-state index contributed by atoms with van der Waals surface area (Å²) in [6.07, 6.45) is -1.00. The number of benzene rings is 1. The zero-order chi connectivity index (χ0) is 19.3. The number of morpholine rings is 1. The first-order valence-corrected chi connectivity index (χ1v) is 9.95. The minimum atomic E-state index is -3.87. The van der Waals surface area contributed by atoms with Gasteiger partial charge in [0.15, 0.2) is 6.10 Å².